The minimum absolute atomic E-state index is 0.0921. The number of quaternary nitrogens is 2. The first-order valence-electron chi connectivity index (χ1n) is 10.3. The van der Waals surface area contributed by atoms with E-state index < -0.39 is 0 Å². The number of hydrogen-bond donors (Lipinski definition) is 4. The van der Waals surface area contributed by atoms with Crippen LogP contribution in [0.1, 0.15) is 5.56 Å². The molecule has 1 aliphatic rings. The second-order valence-electron chi connectivity index (χ2n) is 7.53. The number of halogens is 1. The van der Waals surface area contributed by atoms with Crippen molar-refractivity contribution >= 4 is 23.6 Å². The van der Waals surface area contributed by atoms with Crippen LogP contribution in [0.2, 0.25) is 0 Å². The summed E-state index contributed by atoms with van der Waals surface area (Å²) in [6.07, 6.45) is 4.36. The number of piperazine rings is 1. The van der Waals surface area contributed by atoms with Crippen LogP contribution in [0.4, 0.5) is 10.1 Å². The zero-order chi connectivity index (χ0) is 21.2. The summed E-state index contributed by atoms with van der Waals surface area (Å²) in [6.45, 7) is 5.17. The molecular weight excluding hydrogens is 383 g/mol. The fourth-order valence-electron chi connectivity index (χ4n) is 3.47. The Morgan fingerprint density at radius 1 is 0.900 bits per heavy atom. The minimum atomic E-state index is -0.363. The first-order chi connectivity index (χ1) is 14.6. The van der Waals surface area contributed by atoms with E-state index in [1.807, 2.05) is 18.2 Å². The molecule has 1 saturated heterocycles. The van der Waals surface area contributed by atoms with Crippen LogP contribution in [-0.4, -0.2) is 57.6 Å². The molecule has 2 amide bonds. The standard InChI is InChI=1S/C23H27FN4O2/c24-20-8-10-21(11-9-20)26-22(29)17-25-23(30)18-28-15-13-27(14-16-28)12-4-7-19-5-2-1-3-6-19/h1-11H,12-18H2,(H,25,30)(H,26,29)/p+2/b7-4+. The van der Waals surface area contributed by atoms with E-state index in [4.69, 9.17) is 0 Å². The maximum Gasteiger partial charge on any atom is 0.275 e. The minimum Gasteiger partial charge on any atom is -0.342 e. The number of carbonyl (C=O) groups excluding carboxylic acids is 2. The van der Waals surface area contributed by atoms with Gasteiger partial charge >= 0.3 is 0 Å². The molecule has 1 fully saturated rings. The largest absolute Gasteiger partial charge is 0.342 e. The molecule has 0 aliphatic carbocycles. The summed E-state index contributed by atoms with van der Waals surface area (Å²) < 4.78 is 12.9. The van der Waals surface area contributed by atoms with Gasteiger partial charge in [0.15, 0.2) is 6.54 Å². The van der Waals surface area contributed by atoms with E-state index in [-0.39, 0.29) is 24.2 Å². The average molecular weight is 413 g/mol. The topological polar surface area (TPSA) is 67.1 Å². The highest BCUT2D eigenvalue weighted by Crippen LogP contribution is 2.07. The van der Waals surface area contributed by atoms with Crippen LogP contribution >= 0.6 is 0 Å². The molecule has 4 N–H and O–H groups in total. The van der Waals surface area contributed by atoms with Gasteiger partial charge in [-0.15, -0.1) is 0 Å². The third kappa shape index (κ3) is 7.42. The molecule has 0 radical (unpaired) electrons. The van der Waals surface area contributed by atoms with Gasteiger partial charge in [0, 0.05) is 5.69 Å². The summed E-state index contributed by atoms with van der Waals surface area (Å²) in [7, 11) is 0. The van der Waals surface area contributed by atoms with Crippen molar-refractivity contribution in [3.05, 3.63) is 72.1 Å². The van der Waals surface area contributed by atoms with Gasteiger partial charge in [0.25, 0.3) is 5.91 Å². The van der Waals surface area contributed by atoms with E-state index >= 15 is 0 Å². The number of hydrogen-bond acceptors (Lipinski definition) is 2. The first kappa shape index (κ1) is 21.7. The second kappa shape index (κ2) is 11.2. The highest BCUT2D eigenvalue weighted by molar-refractivity contribution is 5.94. The number of carbonyl (C=O) groups is 2. The van der Waals surface area contributed by atoms with Gasteiger partial charge in [-0.1, -0.05) is 36.4 Å². The molecule has 30 heavy (non-hydrogen) atoms. The van der Waals surface area contributed by atoms with Crippen LogP contribution in [0.15, 0.2) is 60.7 Å². The molecule has 0 unspecified atom stereocenters. The van der Waals surface area contributed by atoms with E-state index in [2.05, 4.69) is 34.9 Å². The van der Waals surface area contributed by atoms with E-state index in [0.717, 1.165) is 32.7 Å². The van der Waals surface area contributed by atoms with Crippen LogP contribution in [0, 0.1) is 5.82 Å². The smallest absolute Gasteiger partial charge is 0.275 e. The predicted molar refractivity (Wildman–Crippen MR) is 115 cm³/mol. The third-order valence-corrected chi connectivity index (χ3v) is 5.17. The summed E-state index contributed by atoms with van der Waals surface area (Å²) in [5.41, 5.74) is 1.71. The molecule has 2 aromatic rings. The summed E-state index contributed by atoms with van der Waals surface area (Å²) in [5.74, 6) is -0.825. The van der Waals surface area contributed by atoms with Crippen LogP contribution in [-0.2, 0) is 9.59 Å². The Kier molecular flexibility index (Phi) is 8.11. The normalized spacial score (nSPS) is 18.8. The molecule has 158 valence electrons. The molecule has 7 heteroatoms. The zero-order valence-electron chi connectivity index (χ0n) is 17.0. The lowest BCUT2D eigenvalue weighted by molar-refractivity contribution is -1.01. The van der Waals surface area contributed by atoms with Crippen LogP contribution in [0.3, 0.4) is 0 Å². The number of anilines is 1. The van der Waals surface area contributed by atoms with Crippen molar-refractivity contribution in [3.8, 4) is 0 Å². The number of nitrogens with one attached hydrogen (secondary N) is 4. The van der Waals surface area contributed by atoms with Crippen molar-refractivity contribution < 1.29 is 23.8 Å². The van der Waals surface area contributed by atoms with Gasteiger partial charge in [-0.25, -0.2) is 4.39 Å². The van der Waals surface area contributed by atoms with Gasteiger partial charge in [-0.2, -0.15) is 0 Å². The molecule has 6 nitrogen and oxygen atoms in total. The highest BCUT2D eigenvalue weighted by Gasteiger charge is 2.24. The summed E-state index contributed by atoms with van der Waals surface area (Å²) in [4.78, 5) is 26.8. The molecule has 2 aromatic carbocycles. The molecule has 1 heterocycles. The van der Waals surface area contributed by atoms with Gasteiger partial charge < -0.3 is 20.4 Å². The number of benzene rings is 2. The molecule has 3 rings (SSSR count). The predicted octanol–water partition coefficient (Wildman–Crippen LogP) is -0.623. The van der Waals surface area contributed by atoms with Crippen LogP contribution in [0.25, 0.3) is 6.08 Å². The van der Waals surface area contributed by atoms with E-state index in [0.29, 0.717) is 12.2 Å². The maximum absolute atomic E-state index is 12.9. The first-order valence-corrected chi connectivity index (χ1v) is 10.3. The van der Waals surface area contributed by atoms with Crippen LogP contribution < -0.4 is 20.4 Å². The van der Waals surface area contributed by atoms with Crippen molar-refractivity contribution in [2.45, 2.75) is 0 Å². The van der Waals surface area contributed by atoms with Gasteiger partial charge in [-0.3, -0.25) is 9.59 Å². The van der Waals surface area contributed by atoms with E-state index in [1.54, 1.807) is 0 Å². The van der Waals surface area contributed by atoms with Crippen LogP contribution in [0.5, 0.6) is 0 Å². The molecule has 0 atom stereocenters. The van der Waals surface area contributed by atoms with Crippen molar-refractivity contribution in [1.29, 1.82) is 0 Å². The molecule has 0 spiro atoms. The van der Waals surface area contributed by atoms with Gasteiger partial charge in [0.05, 0.1) is 13.1 Å². The Morgan fingerprint density at radius 3 is 2.27 bits per heavy atom. The highest BCUT2D eigenvalue weighted by atomic mass is 19.1. The fourth-order valence-corrected chi connectivity index (χ4v) is 3.47. The lowest BCUT2D eigenvalue weighted by Crippen LogP contribution is -3.28. The molecule has 0 saturated carbocycles. The Labute approximate surface area is 176 Å². The summed E-state index contributed by atoms with van der Waals surface area (Å²) >= 11 is 0. The Balaban J connectivity index is 1.30. The van der Waals surface area contributed by atoms with Crippen molar-refractivity contribution in [2.75, 3.05) is 51.1 Å². The Hall–Kier alpha value is -3.03. The monoisotopic (exact) mass is 412 g/mol. The Morgan fingerprint density at radius 2 is 1.57 bits per heavy atom. The average Bonchev–Trinajstić information content (AvgIpc) is 2.76. The van der Waals surface area contributed by atoms with Crippen molar-refractivity contribution in [2.24, 2.45) is 0 Å². The Bertz CT molecular complexity index is 847. The van der Waals surface area contributed by atoms with Crippen molar-refractivity contribution in [1.82, 2.24) is 5.32 Å². The lowest BCUT2D eigenvalue weighted by atomic mass is 10.2. The fraction of sp³-hybridized carbons (Fsp3) is 0.304. The molecular formula is C23H29FN4O2+2. The zero-order valence-corrected chi connectivity index (χ0v) is 17.0. The van der Waals surface area contributed by atoms with Crippen molar-refractivity contribution in [3.63, 3.8) is 0 Å². The van der Waals surface area contributed by atoms with Gasteiger partial charge in [0.2, 0.25) is 5.91 Å². The molecule has 1 aliphatic heterocycles. The van der Waals surface area contributed by atoms with Gasteiger partial charge in [-0.05, 0) is 35.9 Å². The second-order valence-corrected chi connectivity index (χ2v) is 7.53. The summed E-state index contributed by atoms with van der Waals surface area (Å²) in [5, 5.41) is 5.29. The summed E-state index contributed by atoms with van der Waals surface area (Å²) in [6, 6.07) is 15.8. The van der Waals surface area contributed by atoms with Gasteiger partial charge in [0.1, 0.15) is 32.0 Å². The molecule has 0 bridgehead atoms. The molecule has 0 aromatic heterocycles. The third-order valence-electron chi connectivity index (χ3n) is 5.17. The van der Waals surface area contributed by atoms with E-state index in [1.165, 1.54) is 39.6 Å². The SMILES string of the molecule is O=C(C[NH+]1CC[NH+](C/C=C/c2ccccc2)CC1)NCC(=O)Nc1ccc(F)cc1. The van der Waals surface area contributed by atoms with E-state index in [9.17, 15) is 14.0 Å². The maximum atomic E-state index is 12.9. The number of rotatable bonds is 8. The number of amides is 2. The quantitative estimate of drug-likeness (QED) is 0.467. The lowest BCUT2D eigenvalue weighted by Gasteiger charge is -2.28.